The molecule has 1 saturated carbocycles. The molecule has 3 fully saturated rings. The third-order valence-electron chi connectivity index (χ3n) is 6.79. The van der Waals surface area contributed by atoms with Crippen LogP contribution in [0.1, 0.15) is 37.7 Å². The Labute approximate surface area is 163 Å². The lowest BCUT2D eigenvalue weighted by Gasteiger charge is -2.35. The monoisotopic (exact) mass is 371 g/mol. The SMILES string of the molecule is COc1ccc(CN2CCN(CCC3C(=O)N[C@@H]4CCCC[C@@H]34)CC2)cc1. The van der Waals surface area contributed by atoms with Crippen molar-refractivity contribution < 1.29 is 9.53 Å². The van der Waals surface area contributed by atoms with Crippen molar-refractivity contribution in [1.29, 1.82) is 0 Å². The number of ether oxygens (including phenoxy) is 1. The summed E-state index contributed by atoms with van der Waals surface area (Å²) in [6, 6.07) is 8.86. The minimum absolute atomic E-state index is 0.257. The first kappa shape index (κ1) is 18.8. The number of hydrogen-bond donors (Lipinski definition) is 1. The fourth-order valence-corrected chi connectivity index (χ4v) is 5.13. The molecule has 3 atom stereocenters. The quantitative estimate of drug-likeness (QED) is 0.835. The van der Waals surface area contributed by atoms with E-state index in [-0.39, 0.29) is 5.92 Å². The van der Waals surface area contributed by atoms with Gasteiger partial charge in [-0.05, 0) is 49.4 Å². The average molecular weight is 372 g/mol. The minimum atomic E-state index is 0.257. The van der Waals surface area contributed by atoms with Gasteiger partial charge in [-0.1, -0.05) is 25.0 Å². The van der Waals surface area contributed by atoms with E-state index in [1.165, 1.54) is 31.2 Å². The first-order valence-corrected chi connectivity index (χ1v) is 10.6. The summed E-state index contributed by atoms with van der Waals surface area (Å²) >= 11 is 0. The van der Waals surface area contributed by atoms with Gasteiger partial charge in [0.05, 0.1) is 7.11 Å². The summed E-state index contributed by atoms with van der Waals surface area (Å²) in [4.78, 5) is 17.4. The number of nitrogens with zero attached hydrogens (tertiary/aromatic N) is 2. The largest absolute Gasteiger partial charge is 0.497 e. The minimum Gasteiger partial charge on any atom is -0.497 e. The Hall–Kier alpha value is -1.59. The average Bonchev–Trinajstić information content (AvgIpc) is 3.03. The topological polar surface area (TPSA) is 44.8 Å². The van der Waals surface area contributed by atoms with Crippen molar-refractivity contribution in [3.05, 3.63) is 29.8 Å². The molecule has 1 unspecified atom stereocenters. The second-order valence-electron chi connectivity index (χ2n) is 8.42. The van der Waals surface area contributed by atoms with Gasteiger partial charge >= 0.3 is 0 Å². The number of nitrogens with one attached hydrogen (secondary N) is 1. The van der Waals surface area contributed by atoms with Crippen LogP contribution in [0, 0.1) is 11.8 Å². The molecule has 4 rings (SSSR count). The zero-order chi connectivity index (χ0) is 18.6. The highest BCUT2D eigenvalue weighted by molar-refractivity contribution is 5.81. The summed E-state index contributed by atoms with van der Waals surface area (Å²) in [6.07, 6.45) is 6.05. The van der Waals surface area contributed by atoms with Crippen LogP contribution >= 0.6 is 0 Å². The van der Waals surface area contributed by atoms with Crippen molar-refractivity contribution >= 4 is 5.91 Å². The smallest absolute Gasteiger partial charge is 0.223 e. The molecular formula is C22H33N3O2. The third-order valence-corrected chi connectivity index (χ3v) is 6.79. The molecule has 0 aromatic heterocycles. The number of piperazine rings is 1. The van der Waals surface area contributed by atoms with Crippen molar-refractivity contribution in [2.45, 2.75) is 44.7 Å². The van der Waals surface area contributed by atoms with Gasteiger partial charge in [-0.3, -0.25) is 9.69 Å². The van der Waals surface area contributed by atoms with E-state index in [2.05, 4.69) is 27.2 Å². The lowest BCUT2D eigenvalue weighted by Crippen LogP contribution is -2.46. The van der Waals surface area contributed by atoms with Crippen LogP contribution in [0.15, 0.2) is 24.3 Å². The van der Waals surface area contributed by atoms with Crippen molar-refractivity contribution in [2.75, 3.05) is 39.8 Å². The molecular weight excluding hydrogens is 338 g/mol. The highest BCUT2D eigenvalue weighted by Crippen LogP contribution is 2.37. The highest BCUT2D eigenvalue weighted by Gasteiger charge is 2.42. The van der Waals surface area contributed by atoms with Gasteiger partial charge in [-0.25, -0.2) is 0 Å². The number of rotatable bonds is 6. The van der Waals surface area contributed by atoms with E-state index in [1.54, 1.807) is 7.11 Å². The lowest BCUT2D eigenvalue weighted by molar-refractivity contribution is -0.123. The molecule has 0 spiro atoms. The van der Waals surface area contributed by atoms with Crippen LogP contribution in [0.2, 0.25) is 0 Å². The molecule has 5 nitrogen and oxygen atoms in total. The molecule has 1 aromatic carbocycles. The number of benzene rings is 1. The summed E-state index contributed by atoms with van der Waals surface area (Å²) < 4.78 is 5.23. The van der Waals surface area contributed by atoms with Gasteiger partial charge in [0.1, 0.15) is 5.75 Å². The van der Waals surface area contributed by atoms with E-state index in [0.717, 1.165) is 51.4 Å². The van der Waals surface area contributed by atoms with E-state index in [9.17, 15) is 4.79 Å². The fraction of sp³-hybridized carbons (Fsp3) is 0.682. The zero-order valence-electron chi connectivity index (χ0n) is 16.5. The molecule has 0 bridgehead atoms. The molecule has 0 radical (unpaired) electrons. The summed E-state index contributed by atoms with van der Waals surface area (Å²) in [5, 5.41) is 3.26. The summed E-state index contributed by atoms with van der Waals surface area (Å²) in [5.41, 5.74) is 1.34. The van der Waals surface area contributed by atoms with Gasteiger partial charge in [0, 0.05) is 44.7 Å². The predicted octanol–water partition coefficient (Wildman–Crippen LogP) is 2.51. The highest BCUT2D eigenvalue weighted by atomic mass is 16.5. The van der Waals surface area contributed by atoms with E-state index in [1.807, 2.05) is 12.1 Å². The lowest BCUT2D eigenvalue weighted by atomic mass is 9.78. The molecule has 2 aliphatic heterocycles. The molecule has 148 valence electrons. The van der Waals surface area contributed by atoms with Crippen molar-refractivity contribution in [3.8, 4) is 5.75 Å². The maximum atomic E-state index is 12.4. The number of methoxy groups -OCH3 is 1. The molecule has 1 aliphatic carbocycles. The van der Waals surface area contributed by atoms with Crippen LogP contribution in [0.25, 0.3) is 0 Å². The standard InChI is InChI=1S/C22H33N3O2/c1-27-18-8-6-17(7-9-18)16-25-14-12-24(13-15-25)11-10-20-19-4-2-3-5-21(19)23-22(20)26/h6-9,19-21H,2-5,10-16H2,1H3,(H,23,26)/t19-,20?,21+/m0/s1. The fourth-order valence-electron chi connectivity index (χ4n) is 5.13. The maximum Gasteiger partial charge on any atom is 0.223 e. The first-order valence-electron chi connectivity index (χ1n) is 10.6. The molecule has 1 aromatic rings. The maximum absolute atomic E-state index is 12.4. The van der Waals surface area contributed by atoms with Gasteiger partial charge in [-0.2, -0.15) is 0 Å². The van der Waals surface area contributed by atoms with Gasteiger partial charge in [-0.15, -0.1) is 0 Å². The molecule has 5 heteroatoms. The first-order chi connectivity index (χ1) is 13.2. The number of fused-ring (bicyclic) bond motifs is 1. The normalized spacial score (nSPS) is 29.4. The van der Waals surface area contributed by atoms with Crippen LogP contribution in [-0.4, -0.2) is 61.6 Å². The van der Waals surface area contributed by atoms with Crippen molar-refractivity contribution in [3.63, 3.8) is 0 Å². The van der Waals surface area contributed by atoms with E-state index < -0.39 is 0 Å². The van der Waals surface area contributed by atoms with E-state index >= 15 is 0 Å². The second kappa shape index (κ2) is 8.61. The van der Waals surface area contributed by atoms with Gasteiger partial charge in [0.25, 0.3) is 0 Å². The molecule has 1 amide bonds. The Balaban J connectivity index is 1.21. The number of amides is 1. The van der Waals surface area contributed by atoms with Gasteiger partial charge < -0.3 is 15.0 Å². The summed E-state index contributed by atoms with van der Waals surface area (Å²) in [6.45, 7) is 6.51. The zero-order valence-corrected chi connectivity index (χ0v) is 16.5. The number of carbonyl (C=O) groups excluding carboxylic acids is 1. The van der Waals surface area contributed by atoms with Gasteiger partial charge in [0.15, 0.2) is 0 Å². The van der Waals surface area contributed by atoms with E-state index in [0.29, 0.717) is 17.9 Å². The molecule has 1 N–H and O–H groups in total. The van der Waals surface area contributed by atoms with Crippen LogP contribution in [0.3, 0.4) is 0 Å². The molecule has 2 heterocycles. The van der Waals surface area contributed by atoms with Crippen molar-refractivity contribution in [2.24, 2.45) is 11.8 Å². The van der Waals surface area contributed by atoms with Crippen molar-refractivity contribution in [1.82, 2.24) is 15.1 Å². The van der Waals surface area contributed by atoms with Crippen LogP contribution in [-0.2, 0) is 11.3 Å². The molecule has 3 aliphatic rings. The summed E-state index contributed by atoms with van der Waals surface area (Å²) in [5.74, 6) is 2.10. The van der Waals surface area contributed by atoms with Crippen LogP contribution in [0.4, 0.5) is 0 Å². The Morgan fingerprint density at radius 3 is 2.48 bits per heavy atom. The van der Waals surface area contributed by atoms with Crippen LogP contribution < -0.4 is 10.1 Å². The van der Waals surface area contributed by atoms with E-state index in [4.69, 9.17) is 4.74 Å². The van der Waals surface area contributed by atoms with Crippen LogP contribution in [0.5, 0.6) is 5.75 Å². The Kier molecular flexibility index (Phi) is 5.98. The third kappa shape index (κ3) is 4.46. The summed E-state index contributed by atoms with van der Waals surface area (Å²) in [7, 11) is 1.71. The predicted molar refractivity (Wildman–Crippen MR) is 107 cm³/mol. The Morgan fingerprint density at radius 2 is 1.74 bits per heavy atom. The molecule has 2 saturated heterocycles. The Bertz CT molecular complexity index is 625. The second-order valence-corrected chi connectivity index (χ2v) is 8.42. The number of hydrogen-bond acceptors (Lipinski definition) is 4. The van der Waals surface area contributed by atoms with Gasteiger partial charge in [0.2, 0.25) is 5.91 Å². The Morgan fingerprint density at radius 1 is 1.04 bits per heavy atom. The number of carbonyl (C=O) groups is 1. The molecule has 27 heavy (non-hydrogen) atoms.